The van der Waals surface area contributed by atoms with Crippen LogP contribution in [0, 0.1) is 11.6 Å². The second-order valence-corrected chi connectivity index (χ2v) is 4.80. The fourth-order valence-electron chi connectivity index (χ4n) is 2.25. The maximum atomic E-state index is 13.4. The molecular formula is C13H16F2N2O. The summed E-state index contributed by atoms with van der Waals surface area (Å²) in [6.07, 6.45) is 3.98. The Balaban J connectivity index is 2.13. The lowest BCUT2D eigenvalue weighted by atomic mass is 9.82. The van der Waals surface area contributed by atoms with Crippen molar-refractivity contribution in [1.82, 2.24) is 0 Å². The number of hydrogen-bond donors (Lipinski definition) is 2. The molecule has 0 heterocycles. The van der Waals surface area contributed by atoms with Gasteiger partial charge in [-0.25, -0.2) is 8.78 Å². The Hall–Kier alpha value is -1.49. The van der Waals surface area contributed by atoms with Crippen molar-refractivity contribution in [3.63, 3.8) is 0 Å². The first-order chi connectivity index (χ1) is 8.51. The van der Waals surface area contributed by atoms with Gasteiger partial charge in [0.25, 0.3) is 0 Å². The molecule has 1 aliphatic carbocycles. The first-order valence-electron chi connectivity index (χ1n) is 6.07. The highest BCUT2D eigenvalue weighted by Crippen LogP contribution is 2.27. The van der Waals surface area contributed by atoms with Gasteiger partial charge in [0, 0.05) is 6.07 Å². The molecule has 5 heteroatoms. The zero-order chi connectivity index (χ0) is 13.2. The summed E-state index contributed by atoms with van der Waals surface area (Å²) >= 11 is 0. The van der Waals surface area contributed by atoms with E-state index in [2.05, 4.69) is 5.32 Å². The van der Waals surface area contributed by atoms with Crippen LogP contribution in [0.4, 0.5) is 14.5 Å². The molecule has 0 bridgehead atoms. The van der Waals surface area contributed by atoms with E-state index in [0.717, 1.165) is 37.5 Å². The number of amides is 1. The number of nitrogens with two attached hydrogens (primary N) is 1. The van der Waals surface area contributed by atoms with Gasteiger partial charge in [-0.2, -0.15) is 0 Å². The highest BCUT2D eigenvalue weighted by molar-refractivity contribution is 5.98. The SMILES string of the molecule is NC1(C(=O)Nc2cc(F)ccc2F)CCCCC1. The van der Waals surface area contributed by atoms with Gasteiger partial charge in [-0.3, -0.25) is 4.79 Å². The Labute approximate surface area is 104 Å². The van der Waals surface area contributed by atoms with Crippen molar-refractivity contribution in [2.24, 2.45) is 5.73 Å². The quantitative estimate of drug-likeness (QED) is 0.852. The Morgan fingerprint density at radius 2 is 1.89 bits per heavy atom. The van der Waals surface area contributed by atoms with Gasteiger partial charge >= 0.3 is 0 Å². The first kappa shape index (κ1) is 13.0. The van der Waals surface area contributed by atoms with Crippen molar-refractivity contribution in [2.75, 3.05) is 5.32 Å². The number of hydrogen-bond acceptors (Lipinski definition) is 2. The molecule has 0 unspecified atom stereocenters. The Bertz CT molecular complexity index is 456. The van der Waals surface area contributed by atoms with Crippen LogP contribution in [0.3, 0.4) is 0 Å². The molecule has 3 N–H and O–H groups in total. The van der Waals surface area contributed by atoms with Gasteiger partial charge in [-0.1, -0.05) is 19.3 Å². The third kappa shape index (κ3) is 2.67. The summed E-state index contributed by atoms with van der Waals surface area (Å²) in [7, 11) is 0. The molecular weight excluding hydrogens is 238 g/mol. The number of rotatable bonds is 2. The lowest BCUT2D eigenvalue weighted by Crippen LogP contribution is -2.52. The summed E-state index contributed by atoms with van der Waals surface area (Å²) < 4.78 is 26.4. The van der Waals surface area contributed by atoms with Crippen LogP contribution in [0.25, 0.3) is 0 Å². The van der Waals surface area contributed by atoms with E-state index in [9.17, 15) is 13.6 Å². The molecule has 1 aliphatic rings. The van der Waals surface area contributed by atoms with Crippen molar-refractivity contribution in [2.45, 2.75) is 37.6 Å². The van der Waals surface area contributed by atoms with E-state index in [1.54, 1.807) is 0 Å². The number of benzene rings is 1. The number of carbonyl (C=O) groups is 1. The number of anilines is 1. The zero-order valence-corrected chi connectivity index (χ0v) is 10.0. The van der Waals surface area contributed by atoms with Crippen LogP contribution in [-0.4, -0.2) is 11.4 Å². The maximum absolute atomic E-state index is 13.4. The minimum Gasteiger partial charge on any atom is -0.322 e. The van der Waals surface area contributed by atoms with Crippen molar-refractivity contribution < 1.29 is 13.6 Å². The minimum atomic E-state index is -0.961. The van der Waals surface area contributed by atoms with E-state index in [0.29, 0.717) is 12.8 Å². The molecule has 0 atom stereocenters. The molecule has 98 valence electrons. The van der Waals surface area contributed by atoms with E-state index in [1.165, 1.54) is 0 Å². The fraction of sp³-hybridized carbons (Fsp3) is 0.462. The molecule has 1 fully saturated rings. The van der Waals surface area contributed by atoms with Gasteiger partial charge in [0.05, 0.1) is 11.2 Å². The number of carbonyl (C=O) groups excluding carboxylic acids is 1. The van der Waals surface area contributed by atoms with E-state index in [-0.39, 0.29) is 5.69 Å². The van der Waals surface area contributed by atoms with Crippen LogP contribution < -0.4 is 11.1 Å². The van der Waals surface area contributed by atoms with Crippen LogP contribution in [0.15, 0.2) is 18.2 Å². The predicted octanol–water partition coefficient (Wildman–Crippen LogP) is 2.56. The Morgan fingerprint density at radius 3 is 2.56 bits per heavy atom. The summed E-state index contributed by atoms with van der Waals surface area (Å²) in [5.74, 6) is -1.70. The van der Waals surface area contributed by atoms with Crippen LogP contribution in [0.1, 0.15) is 32.1 Å². The Kier molecular flexibility index (Phi) is 3.61. The van der Waals surface area contributed by atoms with Crippen molar-refractivity contribution in [3.05, 3.63) is 29.8 Å². The third-order valence-electron chi connectivity index (χ3n) is 3.37. The average Bonchev–Trinajstić information content (AvgIpc) is 2.35. The molecule has 0 saturated heterocycles. The standard InChI is InChI=1S/C13H16F2N2O/c14-9-4-5-10(15)11(8-9)17-12(18)13(16)6-2-1-3-7-13/h4-5,8H,1-3,6-7,16H2,(H,17,18). The molecule has 0 aliphatic heterocycles. The largest absolute Gasteiger partial charge is 0.322 e. The predicted molar refractivity (Wildman–Crippen MR) is 65.0 cm³/mol. The fourth-order valence-corrected chi connectivity index (χ4v) is 2.25. The highest BCUT2D eigenvalue weighted by atomic mass is 19.1. The molecule has 2 rings (SSSR count). The van der Waals surface area contributed by atoms with E-state index < -0.39 is 23.1 Å². The molecule has 1 aromatic rings. The van der Waals surface area contributed by atoms with Gasteiger partial charge in [0.1, 0.15) is 11.6 Å². The van der Waals surface area contributed by atoms with Gasteiger partial charge in [-0.05, 0) is 25.0 Å². The normalized spacial score (nSPS) is 18.4. The lowest BCUT2D eigenvalue weighted by Gasteiger charge is -2.31. The molecule has 18 heavy (non-hydrogen) atoms. The van der Waals surface area contributed by atoms with Gasteiger partial charge in [0.2, 0.25) is 5.91 Å². The zero-order valence-electron chi connectivity index (χ0n) is 10.0. The van der Waals surface area contributed by atoms with E-state index >= 15 is 0 Å². The summed E-state index contributed by atoms with van der Waals surface area (Å²) in [6, 6.07) is 2.94. The van der Waals surface area contributed by atoms with Crippen molar-refractivity contribution in [1.29, 1.82) is 0 Å². The summed E-state index contributed by atoms with van der Waals surface area (Å²) in [4.78, 5) is 12.0. The second-order valence-electron chi connectivity index (χ2n) is 4.80. The van der Waals surface area contributed by atoms with Gasteiger partial charge in [0.15, 0.2) is 0 Å². The third-order valence-corrected chi connectivity index (χ3v) is 3.37. The molecule has 1 amide bonds. The smallest absolute Gasteiger partial charge is 0.244 e. The Morgan fingerprint density at radius 1 is 1.22 bits per heavy atom. The topological polar surface area (TPSA) is 55.1 Å². The molecule has 1 saturated carbocycles. The van der Waals surface area contributed by atoms with Crippen LogP contribution in [0.5, 0.6) is 0 Å². The lowest BCUT2D eigenvalue weighted by molar-refractivity contribution is -0.122. The molecule has 0 aromatic heterocycles. The van der Waals surface area contributed by atoms with Gasteiger partial charge in [-0.15, -0.1) is 0 Å². The van der Waals surface area contributed by atoms with Crippen molar-refractivity contribution >= 4 is 11.6 Å². The highest BCUT2D eigenvalue weighted by Gasteiger charge is 2.35. The molecule has 3 nitrogen and oxygen atoms in total. The van der Waals surface area contributed by atoms with Crippen molar-refractivity contribution in [3.8, 4) is 0 Å². The second kappa shape index (κ2) is 5.02. The average molecular weight is 254 g/mol. The van der Waals surface area contributed by atoms with Crippen LogP contribution in [-0.2, 0) is 4.79 Å². The monoisotopic (exact) mass is 254 g/mol. The summed E-state index contributed by atoms with van der Waals surface area (Å²) in [6.45, 7) is 0. The molecule has 1 aromatic carbocycles. The minimum absolute atomic E-state index is 0.157. The van der Waals surface area contributed by atoms with E-state index in [4.69, 9.17) is 5.73 Å². The van der Waals surface area contributed by atoms with Gasteiger partial charge < -0.3 is 11.1 Å². The van der Waals surface area contributed by atoms with Crippen LogP contribution in [0.2, 0.25) is 0 Å². The first-order valence-corrected chi connectivity index (χ1v) is 6.07. The molecule has 0 radical (unpaired) electrons. The summed E-state index contributed by atoms with van der Waals surface area (Å²) in [5, 5.41) is 2.38. The number of halogens is 2. The maximum Gasteiger partial charge on any atom is 0.244 e. The van der Waals surface area contributed by atoms with Crippen LogP contribution >= 0.6 is 0 Å². The number of nitrogens with one attached hydrogen (secondary N) is 1. The molecule has 0 spiro atoms. The van der Waals surface area contributed by atoms with E-state index in [1.807, 2.05) is 0 Å². The summed E-state index contributed by atoms with van der Waals surface area (Å²) in [5.41, 5.74) is 4.89.